The number of nitro benzene ring substituents is 1. The number of nitro groups is 1. The largest absolute Gasteiger partial charge is 0.573 e. The number of carbonyl (C=O) groups excluding carboxylic acids is 1. The van der Waals surface area contributed by atoms with Gasteiger partial charge in [0, 0.05) is 17.7 Å². The average molecular weight is 355 g/mol. The Kier molecular flexibility index (Phi) is 5.26. The van der Waals surface area contributed by atoms with E-state index in [2.05, 4.69) is 4.74 Å². The monoisotopic (exact) mass is 355 g/mol. The molecule has 132 valence electrons. The fourth-order valence-electron chi connectivity index (χ4n) is 2.11. The van der Waals surface area contributed by atoms with Crippen LogP contribution in [0.25, 0.3) is 11.1 Å². The number of esters is 1. The Balaban J connectivity index is 2.46. The Bertz CT molecular complexity index is 787. The van der Waals surface area contributed by atoms with Gasteiger partial charge in [-0.2, -0.15) is 0 Å². The van der Waals surface area contributed by atoms with Gasteiger partial charge in [0.05, 0.1) is 17.1 Å². The van der Waals surface area contributed by atoms with Crippen molar-refractivity contribution in [3.8, 4) is 16.9 Å². The molecule has 0 aromatic heterocycles. The van der Waals surface area contributed by atoms with Crippen molar-refractivity contribution in [2.24, 2.45) is 0 Å². The van der Waals surface area contributed by atoms with Gasteiger partial charge in [-0.25, -0.2) is 4.79 Å². The highest BCUT2D eigenvalue weighted by molar-refractivity contribution is 5.98. The van der Waals surface area contributed by atoms with Gasteiger partial charge < -0.3 is 9.47 Å². The van der Waals surface area contributed by atoms with Gasteiger partial charge in [0.2, 0.25) is 0 Å². The Labute approximate surface area is 139 Å². The Morgan fingerprint density at radius 1 is 1.16 bits per heavy atom. The second-order valence-electron chi connectivity index (χ2n) is 4.78. The zero-order chi connectivity index (χ0) is 18.6. The van der Waals surface area contributed by atoms with E-state index in [1.54, 1.807) is 6.92 Å². The third-order valence-electron chi connectivity index (χ3n) is 3.11. The SMILES string of the molecule is CCOC(=O)c1ccc([N+](=O)[O-])cc1-c1ccc(OC(F)(F)F)cc1. The van der Waals surface area contributed by atoms with Crippen LogP contribution in [0.5, 0.6) is 5.75 Å². The first-order valence-electron chi connectivity index (χ1n) is 7.03. The number of rotatable bonds is 5. The van der Waals surface area contributed by atoms with E-state index in [1.807, 2.05) is 0 Å². The molecule has 2 rings (SSSR count). The summed E-state index contributed by atoms with van der Waals surface area (Å²) in [4.78, 5) is 22.3. The van der Waals surface area contributed by atoms with E-state index in [-0.39, 0.29) is 23.4 Å². The number of benzene rings is 2. The Morgan fingerprint density at radius 2 is 1.80 bits per heavy atom. The van der Waals surface area contributed by atoms with Gasteiger partial charge >= 0.3 is 12.3 Å². The van der Waals surface area contributed by atoms with Gasteiger partial charge in [0.1, 0.15) is 5.75 Å². The number of alkyl halides is 3. The molecule has 0 fully saturated rings. The minimum Gasteiger partial charge on any atom is -0.462 e. The van der Waals surface area contributed by atoms with E-state index >= 15 is 0 Å². The zero-order valence-electron chi connectivity index (χ0n) is 12.9. The molecule has 9 heteroatoms. The van der Waals surface area contributed by atoms with Crippen LogP contribution >= 0.6 is 0 Å². The van der Waals surface area contributed by atoms with Crippen molar-refractivity contribution in [1.29, 1.82) is 0 Å². The molecule has 25 heavy (non-hydrogen) atoms. The minimum atomic E-state index is -4.83. The predicted octanol–water partition coefficient (Wildman–Crippen LogP) is 4.34. The molecule has 0 spiro atoms. The van der Waals surface area contributed by atoms with E-state index in [1.165, 1.54) is 18.2 Å². The average Bonchev–Trinajstić information content (AvgIpc) is 2.53. The summed E-state index contributed by atoms with van der Waals surface area (Å²) in [6.07, 6.45) is -4.83. The third kappa shape index (κ3) is 4.69. The van der Waals surface area contributed by atoms with Gasteiger partial charge in [-0.15, -0.1) is 13.2 Å². The fourth-order valence-corrected chi connectivity index (χ4v) is 2.11. The van der Waals surface area contributed by atoms with Crippen molar-refractivity contribution >= 4 is 11.7 Å². The standard InChI is InChI=1S/C16H12F3NO5/c1-2-24-15(21)13-8-5-11(20(22)23)9-14(13)10-3-6-12(7-4-10)25-16(17,18)19/h3-9H,2H2,1H3. The van der Waals surface area contributed by atoms with Crippen LogP contribution in [0.15, 0.2) is 42.5 Å². The fraction of sp³-hybridized carbons (Fsp3) is 0.188. The van der Waals surface area contributed by atoms with Crippen molar-refractivity contribution in [3.63, 3.8) is 0 Å². The van der Waals surface area contributed by atoms with E-state index in [9.17, 15) is 28.1 Å². The lowest BCUT2D eigenvalue weighted by atomic mass is 9.99. The molecule has 0 aliphatic heterocycles. The van der Waals surface area contributed by atoms with Crippen molar-refractivity contribution in [1.82, 2.24) is 0 Å². The van der Waals surface area contributed by atoms with Crippen LogP contribution in [-0.2, 0) is 4.74 Å². The summed E-state index contributed by atoms with van der Waals surface area (Å²) in [5.41, 5.74) is 0.281. The second-order valence-corrected chi connectivity index (χ2v) is 4.78. The Hall–Kier alpha value is -3.10. The van der Waals surface area contributed by atoms with Crippen LogP contribution in [0.3, 0.4) is 0 Å². The molecule has 0 heterocycles. The van der Waals surface area contributed by atoms with E-state index in [0.717, 1.165) is 24.3 Å². The minimum absolute atomic E-state index is 0.0666. The van der Waals surface area contributed by atoms with Crippen LogP contribution < -0.4 is 4.74 Å². The molecule has 0 aliphatic carbocycles. The van der Waals surface area contributed by atoms with Gasteiger partial charge in [-0.3, -0.25) is 10.1 Å². The topological polar surface area (TPSA) is 78.7 Å². The summed E-state index contributed by atoms with van der Waals surface area (Å²) in [5, 5.41) is 10.9. The molecule has 2 aromatic rings. The normalized spacial score (nSPS) is 11.0. The number of nitrogens with zero attached hydrogens (tertiary/aromatic N) is 1. The lowest BCUT2D eigenvalue weighted by Crippen LogP contribution is -2.16. The van der Waals surface area contributed by atoms with Gasteiger partial charge in [-0.05, 0) is 30.7 Å². The summed E-state index contributed by atoms with van der Waals surface area (Å²) in [6, 6.07) is 8.19. The number of hydrogen-bond donors (Lipinski definition) is 0. The van der Waals surface area contributed by atoms with Crippen LogP contribution in [0, 0.1) is 10.1 Å². The van der Waals surface area contributed by atoms with E-state index < -0.39 is 23.0 Å². The lowest BCUT2D eigenvalue weighted by molar-refractivity contribution is -0.384. The summed E-state index contributed by atoms with van der Waals surface area (Å²) in [6.45, 7) is 1.71. The molecular formula is C16H12F3NO5. The molecule has 0 aliphatic rings. The van der Waals surface area contributed by atoms with E-state index in [4.69, 9.17) is 4.74 Å². The molecule has 0 amide bonds. The van der Waals surface area contributed by atoms with Crippen molar-refractivity contribution in [3.05, 3.63) is 58.1 Å². The predicted molar refractivity (Wildman–Crippen MR) is 81.2 cm³/mol. The molecule has 0 N–H and O–H groups in total. The Morgan fingerprint density at radius 3 is 2.32 bits per heavy atom. The number of carbonyl (C=O) groups is 1. The molecule has 6 nitrogen and oxygen atoms in total. The summed E-state index contributed by atoms with van der Waals surface area (Å²) < 4.78 is 45.3. The third-order valence-corrected chi connectivity index (χ3v) is 3.11. The number of ether oxygens (including phenoxy) is 2. The maximum Gasteiger partial charge on any atom is 0.573 e. The van der Waals surface area contributed by atoms with E-state index in [0.29, 0.717) is 5.56 Å². The van der Waals surface area contributed by atoms with Crippen LogP contribution in [0.1, 0.15) is 17.3 Å². The molecule has 0 radical (unpaired) electrons. The van der Waals surface area contributed by atoms with Crippen LogP contribution in [-0.4, -0.2) is 23.9 Å². The molecule has 0 saturated heterocycles. The molecule has 0 atom stereocenters. The molecule has 2 aromatic carbocycles. The first kappa shape index (κ1) is 18.2. The lowest BCUT2D eigenvalue weighted by Gasteiger charge is -2.11. The first-order valence-corrected chi connectivity index (χ1v) is 7.03. The molecule has 0 bridgehead atoms. The molecular weight excluding hydrogens is 343 g/mol. The quantitative estimate of drug-likeness (QED) is 0.453. The van der Waals surface area contributed by atoms with Gasteiger partial charge in [-0.1, -0.05) is 12.1 Å². The van der Waals surface area contributed by atoms with Gasteiger partial charge in [0.15, 0.2) is 0 Å². The van der Waals surface area contributed by atoms with Crippen LogP contribution in [0.4, 0.5) is 18.9 Å². The number of hydrogen-bond acceptors (Lipinski definition) is 5. The van der Waals surface area contributed by atoms with Crippen molar-refractivity contribution in [2.45, 2.75) is 13.3 Å². The zero-order valence-corrected chi connectivity index (χ0v) is 12.9. The number of non-ortho nitro benzene ring substituents is 1. The molecule has 0 unspecified atom stereocenters. The van der Waals surface area contributed by atoms with Crippen LogP contribution in [0.2, 0.25) is 0 Å². The number of halogens is 3. The van der Waals surface area contributed by atoms with Crippen molar-refractivity contribution < 1.29 is 32.4 Å². The maximum absolute atomic E-state index is 12.2. The second kappa shape index (κ2) is 7.20. The highest BCUT2D eigenvalue weighted by Gasteiger charge is 2.31. The van der Waals surface area contributed by atoms with Crippen molar-refractivity contribution in [2.75, 3.05) is 6.61 Å². The highest BCUT2D eigenvalue weighted by atomic mass is 19.4. The highest BCUT2D eigenvalue weighted by Crippen LogP contribution is 2.31. The first-order chi connectivity index (χ1) is 11.7. The maximum atomic E-state index is 12.2. The van der Waals surface area contributed by atoms with Gasteiger partial charge in [0.25, 0.3) is 5.69 Å². The molecule has 0 saturated carbocycles. The summed E-state index contributed by atoms with van der Waals surface area (Å²) >= 11 is 0. The summed E-state index contributed by atoms with van der Waals surface area (Å²) in [5.74, 6) is -1.14. The smallest absolute Gasteiger partial charge is 0.462 e. The summed E-state index contributed by atoms with van der Waals surface area (Å²) in [7, 11) is 0.